The molecule has 3 rings (SSSR count). The highest BCUT2D eigenvalue weighted by Crippen LogP contribution is 2.31. The molecule has 140 valence electrons. The van der Waals surface area contributed by atoms with Gasteiger partial charge in [-0.25, -0.2) is 0 Å². The maximum atomic E-state index is 12.6. The minimum Gasteiger partial charge on any atom is -0.351 e. The Bertz CT molecular complexity index is 777. The van der Waals surface area contributed by atoms with Crippen molar-refractivity contribution in [3.8, 4) is 0 Å². The summed E-state index contributed by atoms with van der Waals surface area (Å²) in [5.74, 6) is -0.800. The number of nitrogens with two attached hydrogens (primary N) is 1. The third kappa shape index (κ3) is 4.02. The van der Waals surface area contributed by atoms with Gasteiger partial charge in [-0.3, -0.25) is 4.79 Å². The molecule has 3 nitrogen and oxygen atoms in total. The number of hydrogen-bond donors (Lipinski definition) is 2. The second-order valence-corrected chi connectivity index (χ2v) is 6.39. The summed E-state index contributed by atoms with van der Waals surface area (Å²) in [4.78, 5) is 12.5. The molecule has 0 spiro atoms. The standard InChI is InChI=1S/C19H19F3N2O.ClH/c1-11(12-6-8-14(9-7-12)19(20,21)22)18(25)24-16-10-13-4-2-3-5-15(13)17(16)23;/h2-9,11,16-17H,10,23H2,1H3,(H,24,25);1H/t11?,16-,17-;/m0./s1. The third-order valence-electron chi connectivity index (χ3n) is 4.75. The van der Waals surface area contributed by atoms with Crippen molar-refractivity contribution in [2.75, 3.05) is 0 Å². The Balaban J connectivity index is 0.00000243. The summed E-state index contributed by atoms with van der Waals surface area (Å²) in [5, 5.41) is 2.93. The normalized spacial score (nSPS) is 20.0. The molecule has 0 fully saturated rings. The summed E-state index contributed by atoms with van der Waals surface area (Å²) in [5.41, 5.74) is 8.15. The maximum absolute atomic E-state index is 12.6. The lowest BCUT2D eigenvalue weighted by molar-refractivity contribution is -0.137. The minimum absolute atomic E-state index is 0. The van der Waals surface area contributed by atoms with Gasteiger partial charge in [0.25, 0.3) is 0 Å². The summed E-state index contributed by atoms with van der Waals surface area (Å²) in [7, 11) is 0. The number of nitrogens with one attached hydrogen (secondary N) is 1. The molecule has 2 aromatic rings. The van der Waals surface area contributed by atoms with E-state index in [1.165, 1.54) is 12.1 Å². The van der Waals surface area contributed by atoms with Crippen LogP contribution in [-0.2, 0) is 17.4 Å². The Labute approximate surface area is 156 Å². The van der Waals surface area contributed by atoms with E-state index in [-0.39, 0.29) is 30.4 Å². The number of amides is 1. The largest absolute Gasteiger partial charge is 0.416 e. The fraction of sp³-hybridized carbons (Fsp3) is 0.316. The van der Waals surface area contributed by atoms with E-state index in [2.05, 4.69) is 5.32 Å². The molecule has 1 unspecified atom stereocenters. The first kappa shape index (κ1) is 20.3. The van der Waals surface area contributed by atoms with E-state index in [0.29, 0.717) is 12.0 Å². The molecule has 0 bridgehead atoms. The van der Waals surface area contributed by atoms with Crippen LogP contribution < -0.4 is 11.1 Å². The van der Waals surface area contributed by atoms with Crippen LogP contribution in [0.25, 0.3) is 0 Å². The van der Waals surface area contributed by atoms with Crippen LogP contribution in [-0.4, -0.2) is 11.9 Å². The summed E-state index contributed by atoms with van der Waals surface area (Å²) in [6.07, 6.45) is -3.73. The van der Waals surface area contributed by atoms with E-state index in [9.17, 15) is 18.0 Å². The van der Waals surface area contributed by atoms with Gasteiger partial charge in [-0.2, -0.15) is 13.2 Å². The Hall–Kier alpha value is -2.05. The Morgan fingerprint density at radius 2 is 1.77 bits per heavy atom. The second kappa shape index (κ2) is 7.68. The molecule has 1 amide bonds. The van der Waals surface area contributed by atoms with E-state index in [1.54, 1.807) is 6.92 Å². The average molecular weight is 385 g/mol. The SMILES string of the molecule is CC(C(=O)N[C@H]1Cc2ccccc2[C@@H]1N)c1ccc(C(F)(F)F)cc1.Cl. The van der Waals surface area contributed by atoms with E-state index in [1.807, 2.05) is 24.3 Å². The summed E-state index contributed by atoms with van der Waals surface area (Å²) >= 11 is 0. The average Bonchev–Trinajstić information content (AvgIpc) is 2.90. The molecular weight excluding hydrogens is 365 g/mol. The minimum atomic E-state index is -4.38. The van der Waals surface area contributed by atoms with Crippen molar-refractivity contribution in [2.24, 2.45) is 5.73 Å². The first-order chi connectivity index (χ1) is 11.8. The number of carbonyl (C=O) groups is 1. The zero-order valence-electron chi connectivity index (χ0n) is 14.1. The van der Waals surface area contributed by atoms with Crippen LogP contribution in [0.1, 0.15) is 41.1 Å². The van der Waals surface area contributed by atoms with Gasteiger partial charge in [0.1, 0.15) is 0 Å². The predicted molar refractivity (Wildman–Crippen MR) is 96.1 cm³/mol. The first-order valence-corrected chi connectivity index (χ1v) is 8.08. The lowest BCUT2D eigenvalue weighted by atomic mass is 9.98. The molecule has 26 heavy (non-hydrogen) atoms. The van der Waals surface area contributed by atoms with Gasteiger partial charge < -0.3 is 11.1 Å². The number of alkyl halides is 3. The number of carbonyl (C=O) groups excluding carboxylic acids is 1. The van der Waals surface area contributed by atoms with Crippen LogP contribution in [0.4, 0.5) is 13.2 Å². The van der Waals surface area contributed by atoms with Crippen LogP contribution in [0, 0.1) is 0 Å². The van der Waals surface area contributed by atoms with Crippen molar-refractivity contribution in [3.05, 3.63) is 70.8 Å². The zero-order chi connectivity index (χ0) is 18.2. The molecule has 0 saturated heterocycles. The maximum Gasteiger partial charge on any atom is 0.416 e. The number of hydrogen-bond acceptors (Lipinski definition) is 2. The van der Waals surface area contributed by atoms with Gasteiger partial charge in [-0.05, 0) is 42.2 Å². The molecule has 7 heteroatoms. The monoisotopic (exact) mass is 384 g/mol. The van der Waals surface area contributed by atoms with E-state index in [0.717, 1.165) is 23.3 Å². The smallest absolute Gasteiger partial charge is 0.351 e. The molecule has 1 aliphatic rings. The van der Waals surface area contributed by atoms with Crippen LogP contribution in [0.3, 0.4) is 0 Å². The van der Waals surface area contributed by atoms with Crippen molar-refractivity contribution >= 4 is 18.3 Å². The second-order valence-electron chi connectivity index (χ2n) is 6.39. The lowest BCUT2D eigenvalue weighted by Crippen LogP contribution is -2.42. The highest BCUT2D eigenvalue weighted by molar-refractivity contribution is 5.85. The van der Waals surface area contributed by atoms with Gasteiger partial charge in [-0.1, -0.05) is 36.4 Å². The van der Waals surface area contributed by atoms with E-state index >= 15 is 0 Å². The summed E-state index contributed by atoms with van der Waals surface area (Å²) < 4.78 is 37.9. The van der Waals surface area contributed by atoms with Crippen LogP contribution in [0.5, 0.6) is 0 Å². The first-order valence-electron chi connectivity index (χ1n) is 8.08. The molecule has 0 aliphatic heterocycles. The van der Waals surface area contributed by atoms with Gasteiger partial charge in [0.15, 0.2) is 0 Å². The molecule has 1 aliphatic carbocycles. The van der Waals surface area contributed by atoms with Crippen molar-refractivity contribution in [1.29, 1.82) is 0 Å². The zero-order valence-corrected chi connectivity index (χ0v) is 14.9. The molecular formula is C19H20ClF3N2O. The molecule has 2 aromatic carbocycles. The van der Waals surface area contributed by atoms with Crippen molar-refractivity contribution < 1.29 is 18.0 Å². The molecule has 3 N–H and O–H groups in total. The van der Waals surface area contributed by atoms with Gasteiger partial charge >= 0.3 is 6.18 Å². The van der Waals surface area contributed by atoms with Gasteiger partial charge in [0.2, 0.25) is 5.91 Å². The van der Waals surface area contributed by atoms with Crippen molar-refractivity contribution in [1.82, 2.24) is 5.32 Å². The fourth-order valence-electron chi connectivity index (χ4n) is 3.19. The van der Waals surface area contributed by atoms with Crippen LogP contribution in [0.2, 0.25) is 0 Å². The molecule has 0 radical (unpaired) electrons. The number of halogens is 4. The summed E-state index contributed by atoms with van der Waals surface area (Å²) in [6.45, 7) is 1.67. The highest BCUT2D eigenvalue weighted by atomic mass is 35.5. The molecule has 3 atom stereocenters. The van der Waals surface area contributed by atoms with Gasteiger partial charge in [0.05, 0.1) is 23.6 Å². The Kier molecular flexibility index (Phi) is 5.98. The molecule has 0 aromatic heterocycles. The van der Waals surface area contributed by atoms with E-state index in [4.69, 9.17) is 5.73 Å². The van der Waals surface area contributed by atoms with Gasteiger partial charge in [-0.15, -0.1) is 12.4 Å². The molecule has 0 heterocycles. The lowest BCUT2D eigenvalue weighted by Gasteiger charge is -2.21. The molecule has 0 saturated carbocycles. The van der Waals surface area contributed by atoms with Gasteiger partial charge in [0, 0.05) is 0 Å². The van der Waals surface area contributed by atoms with Crippen LogP contribution >= 0.6 is 12.4 Å². The Morgan fingerprint density at radius 3 is 2.35 bits per heavy atom. The van der Waals surface area contributed by atoms with E-state index < -0.39 is 17.7 Å². The predicted octanol–water partition coefficient (Wildman–Crippen LogP) is 3.97. The van der Waals surface area contributed by atoms with Crippen LogP contribution in [0.15, 0.2) is 48.5 Å². The number of rotatable bonds is 3. The fourth-order valence-corrected chi connectivity index (χ4v) is 3.19. The Morgan fingerprint density at radius 1 is 1.15 bits per heavy atom. The highest BCUT2D eigenvalue weighted by Gasteiger charge is 2.32. The summed E-state index contributed by atoms with van der Waals surface area (Å²) in [6, 6.07) is 12.0. The quantitative estimate of drug-likeness (QED) is 0.841. The van der Waals surface area contributed by atoms with Crippen molar-refractivity contribution in [2.45, 2.75) is 37.5 Å². The number of fused-ring (bicyclic) bond motifs is 1. The third-order valence-corrected chi connectivity index (χ3v) is 4.75. The van der Waals surface area contributed by atoms with Crippen molar-refractivity contribution in [3.63, 3.8) is 0 Å². The number of benzene rings is 2. The topological polar surface area (TPSA) is 55.1 Å².